The molecule has 3 rings (SSSR count). The molecule has 0 spiro atoms. The topological polar surface area (TPSA) is 83.8 Å². The smallest absolute Gasteiger partial charge is 0.323 e. The highest BCUT2D eigenvalue weighted by Crippen LogP contribution is 2.26. The Hall–Kier alpha value is -3.22. The number of β-lactam (4-membered cyclic amide) rings is 1. The summed E-state index contributed by atoms with van der Waals surface area (Å²) >= 11 is 0. The summed E-state index contributed by atoms with van der Waals surface area (Å²) in [6.45, 7) is 0.0673. The molecule has 1 aliphatic heterocycles. The number of benzene rings is 2. The fourth-order valence-corrected chi connectivity index (χ4v) is 3.12. The lowest BCUT2D eigenvalue weighted by atomic mass is 9.95. The molecule has 7 heteroatoms. The van der Waals surface area contributed by atoms with Crippen LogP contribution in [0, 0.1) is 10.1 Å². The molecule has 0 bridgehead atoms. The number of carbonyl (C=O) groups excluding carboxylic acids is 2. The number of hydrogen-bond donors (Lipinski definition) is 0. The third kappa shape index (κ3) is 3.56. The van der Waals surface area contributed by atoms with Crippen LogP contribution in [0.25, 0.3) is 0 Å². The van der Waals surface area contributed by atoms with Crippen molar-refractivity contribution in [3.05, 3.63) is 75.8 Å². The van der Waals surface area contributed by atoms with Crippen LogP contribution in [-0.4, -0.2) is 39.8 Å². The van der Waals surface area contributed by atoms with Crippen molar-refractivity contribution in [2.45, 2.75) is 25.4 Å². The van der Waals surface area contributed by atoms with E-state index in [4.69, 9.17) is 0 Å². The average Bonchev–Trinajstić information content (AvgIpc) is 2.62. The van der Waals surface area contributed by atoms with Gasteiger partial charge in [0, 0.05) is 25.1 Å². The SMILES string of the molecule is CN(Cc1ccccc1[N+](=O)[O-])C(=O)N1C(=O)C[C@H]1Cc1ccccc1. The Balaban J connectivity index is 1.69. The van der Waals surface area contributed by atoms with Gasteiger partial charge in [0.05, 0.1) is 17.5 Å². The fraction of sp³-hybridized carbons (Fsp3) is 0.263. The van der Waals surface area contributed by atoms with Gasteiger partial charge in [-0.25, -0.2) is 4.79 Å². The van der Waals surface area contributed by atoms with Crippen molar-refractivity contribution in [1.82, 2.24) is 9.80 Å². The molecule has 0 saturated carbocycles. The number of likely N-dealkylation sites (tertiary alicyclic amines) is 1. The van der Waals surface area contributed by atoms with Crippen LogP contribution in [0.5, 0.6) is 0 Å². The number of rotatable bonds is 5. The molecule has 0 aliphatic carbocycles. The summed E-state index contributed by atoms with van der Waals surface area (Å²) in [5, 5.41) is 11.1. The Bertz CT molecular complexity index is 838. The first kappa shape index (κ1) is 17.6. The van der Waals surface area contributed by atoms with Crippen molar-refractivity contribution in [3.63, 3.8) is 0 Å². The monoisotopic (exact) mass is 353 g/mol. The van der Waals surface area contributed by atoms with Crippen molar-refractivity contribution >= 4 is 17.6 Å². The number of nitro benzene ring substituents is 1. The van der Waals surface area contributed by atoms with Crippen LogP contribution in [0.3, 0.4) is 0 Å². The highest BCUT2D eigenvalue weighted by Gasteiger charge is 2.42. The number of nitro groups is 1. The van der Waals surface area contributed by atoms with Crippen molar-refractivity contribution in [2.75, 3.05) is 7.05 Å². The second-order valence-electron chi connectivity index (χ2n) is 6.34. The summed E-state index contributed by atoms with van der Waals surface area (Å²) in [7, 11) is 1.55. The third-order valence-corrected chi connectivity index (χ3v) is 4.49. The summed E-state index contributed by atoms with van der Waals surface area (Å²) in [6.07, 6.45) is 0.942. The molecule has 0 aromatic heterocycles. The Kier molecular flexibility index (Phi) is 4.97. The summed E-state index contributed by atoms with van der Waals surface area (Å²) in [4.78, 5) is 37.9. The van der Waals surface area contributed by atoms with Gasteiger partial charge in [-0.1, -0.05) is 48.5 Å². The second-order valence-corrected chi connectivity index (χ2v) is 6.34. The number of nitrogens with zero attached hydrogens (tertiary/aromatic N) is 3. The van der Waals surface area contributed by atoms with E-state index in [1.54, 1.807) is 25.2 Å². The van der Waals surface area contributed by atoms with Crippen molar-refractivity contribution in [3.8, 4) is 0 Å². The van der Waals surface area contributed by atoms with E-state index in [1.165, 1.54) is 15.9 Å². The number of imide groups is 1. The first-order chi connectivity index (χ1) is 12.5. The molecule has 0 radical (unpaired) electrons. The molecule has 1 fully saturated rings. The van der Waals surface area contributed by atoms with Crippen LogP contribution in [-0.2, 0) is 17.8 Å². The summed E-state index contributed by atoms with van der Waals surface area (Å²) < 4.78 is 0. The van der Waals surface area contributed by atoms with E-state index in [1.807, 2.05) is 30.3 Å². The number of para-hydroxylation sites is 1. The Morgan fingerprint density at radius 1 is 1.19 bits per heavy atom. The number of amides is 3. The maximum Gasteiger partial charge on any atom is 0.327 e. The molecule has 1 saturated heterocycles. The van der Waals surface area contributed by atoms with Crippen LogP contribution >= 0.6 is 0 Å². The fourth-order valence-electron chi connectivity index (χ4n) is 3.12. The van der Waals surface area contributed by atoms with Gasteiger partial charge in [-0.3, -0.25) is 19.8 Å². The third-order valence-electron chi connectivity index (χ3n) is 4.49. The van der Waals surface area contributed by atoms with Crippen LogP contribution in [0.1, 0.15) is 17.5 Å². The molecule has 3 amide bonds. The Labute approximate surface area is 151 Å². The lowest BCUT2D eigenvalue weighted by Crippen LogP contribution is -2.59. The minimum absolute atomic E-state index is 0.0390. The normalized spacial score (nSPS) is 16.1. The Morgan fingerprint density at radius 2 is 1.85 bits per heavy atom. The van der Waals surface area contributed by atoms with Crippen LogP contribution in [0.15, 0.2) is 54.6 Å². The quantitative estimate of drug-likeness (QED) is 0.470. The maximum absolute atomic E-state index is 12.7. The van der Waals surface area contributed by atoms with Crippen LogP contribution in [0.4, 0.5) is 10.5 Å². The summed E-state index contributed by atoms with van der Waals surface area (Å²) in [5.74, 6) is -0.217. The molecule has 0 N–H and O–H groups in total. The van der Waals surface area contributed by atoms with Crippen molar-refractivity contribution in [1.29, 1.82) is 0 Å². The summed E-state index contributed by atoms with van der Waals surface area (Å²) in [5.41, 5.74) is 1.45. The van der Waals surface area contributed by atoms with Gasteiger partial charge in [0.25, 0.3) is 5.69 Å². The van der Waals surface area contributed by atoms with E-state index in [0.29, 0.717) is 18.4 Å². The maximum atomic E-state index is 12.7. The van der Waals surface area contributed by atoms with E-state index in [0.717, 1.165) is 5.56 Å². The van der Waals surface area contributed by atoms with E-state index < -0.39 is 11.0 Å². The largest absolute Gasteiger partial charge is 0.327 e. The lowest BCUT2D eigenvalue weighted by Gasteiger charge is -2.40. The van der Waals surface area contributed by atoms with Gasteiger partial charge in [0.2, 0.25) is 5.91 Å². The predicted octanol–water partition coefficient (Wildman–Crippen LogP) is 2.99. The van der Waals surface area contributed by atoms with Gasteiger partial charge in [-0.05, 0) is 12.0 Å². The predicted molar refractivity (Wildman–Crippen MR) is 95.4 cm³/mol. The average molecular weight is 353 g/mol. The van der Waals surface area contributed by atoms with Gasteiger partial charge >= 0.3 is 6.03 Å². The highest BCUT2D eigenvalue weighted by molar-refractivity contribution is 5.99. The van der Waals surface area contributed by atoms with E-state index >= 15 is 0 Å². The number of urea groups is 1. The van der Waals surface area contributed by atoms with E-state index in [2.05, 4.69) is 0 Å². The summed E-state index contributed by atoms with van der Waals surface area (Å²) in [6, 6.07) is 15.4. The molecule has 1 heterocycles. The number of carbonyl (C=O) groups is 2. The van der Waals surface area contributed by atoms with Gasteiger partial charge < -0.3 is 4.90 Å². The highest BCUT2D eigenvalue weighted by atomic mass is 16.6. The zero-order valence-electron chi connectivity index (χ0n) is 14.4. The van der Waals surface area contributed by atoms with Crippen LogP contribution < -0.4 is 0 Å². The zero-order chi connectivity index (χ0) is 18.7. The van der Waals surface area contributed by atoms with E-state index in [-0.39, 0.29) is 24.2 Å². The first-order valence-electron chi connectivity index (χ1n) is 8.30. The molecule has 0 unspecified atom stereocenters. The van der Waals surface area contributed by atoms with Crippen molar-refractivity contribution in [2.24, 2.45) is 0 Å². The van der Waals surface area contributed by atoms with E-state index in [9.17, 15) is 19.7 Å². The Morgan fingerprint density at radius 3 is 2.50 bits per heavy atom. The molecule has 2 aromatic rings. The lowest BCUT2D eigenvalue weighted by molar-refractivity contribution is -0.385. The van der Waals surface area contributed by atoms with Gasteiger partial charge in [0.15, 0.2) is 0 Å². The van der Waals surface area contributed by atoms with Crippen LogP contribution in [0.2, 0.25) is 0 Å². The van der Waals surface area contributed by atoms with Gasteiger partial charge in [-0.2, -0.15) is 0 Å². The molecular formula is C19H19N3O4. The number of hydrogen-bond acceptors (Lipinski definition) is 4. The molecular weight excluding hydrogens is 334 g/mol. The molecule has 1 atom stereocenters. The first-order valence-corrected chi connectivity index (χ1v) is 8.30. The molecule has 134 valence electrons. The van der Waals surface area contributed by atoms with Crippen molar-refractivity contribution < 1.29 is 14.5 Å². The second kappa shape index (κ2) is 7.35. The van der Waals surface area contributed by atoms with Gasteiger partial charge in [0.1, 0.15) is 0 Å². The minimum Gasteiger partial charge on any atom is -0.323 e. The standard InChI is InChI=1S/C19H19N3O4/c1-20(13-15-9-5-6-10-17(15)22(25)26)19(24)21-16(12-18(21)23)11-14-7-3-2-4-8-14/h2-10,16H,11-13H2,1H3/t16-/m1/s1. The molecule has 7 nitrogen and oxygen atoms in total. The molecule has 2 aromatic carbocycles. The minimum atomic E-state index is -0.472. The molecule has 1 aliphatic rings. The molecule has 26 heavy (non-hydrogen) atoms. The zero-order valence-corrected chi connectivity index (χ0v) is 14.4. The van der Waals surface area contributed by atoms with Gasteiger partial charge in [-0.15, -0.1) is 0 Å².